The third-order valence-corrected chi connectivity index (χ3v) is 9.28. The molecule has 1 atom stereocenters. The zero-order valence-corrected chi connectivity index (χ0v) is 22.3. The molecule has 0 saturated heterocycles. The maximum absolute atomic E-state index is 13.0. The zero-order valence-electron chi connectivity index (χ0n) is 19.9. The number of fused-ring (bicyclic) bond motifs is 1. The number of thiophene rings is 1. The van der Waals surface area contributed by atoms with Gasteiger partial charge in [-0.1, -0.05) is 29.8 Å². The molecule has 36 heavy (non-hydrogen) atoms. The highest BCUT2D eigenvalue weighted by Gasteiger charge is 2.32. The topological polar surface area (TPSA) is 118 Å². The van der Waals surface area contributed by atoms with Gasteiger partial charge >= 0.3 is 0 Å². The van der Waals surface area contributed by atoms with E-state index in [1.165, 1.54) is 11.3 Å². The number of halogens is 1. The molecular weight excluding hydrogens is 516 g/mol. The van der Waals surface area contributed by atoms with Crippen LogP contribution in [-0.2, 0) is 15.6 Å². The van der Waals surface area contributed by atoms with Crippen LogP contribution >= 0.6 is 22.9 Å². The van der Waals surface area contributed by atoms with E-state index in [1.807, 2.05) is 30.3 Å². The SMILES string of the molecule is CC(C)(O)c1ccnc(-c2cccc3cc(C(NS(=O)(=O)CC4CC4)c4nc(N)ccc4Cl)sc23)c1. The molecular formula is C26H27ClN4O3S2. The lowest BCUT2D eigenvalue weighted by molar-refractivity contribution is 0.0785. The monoisotopic (exact) mass is 542 g/mol. The molecule has 1 aromatic carbocycles. The highest BCUT2D eigenvalue weighted by atomic mass is 35.5. The lowest BCUT2D eigenvalue weighted by Crippen LogP contribution is -2.32. The first kappa shape index (κ1) is 25.1. The Morgan fingerprint density at radius 1 is 1.22 bits per heavy atom. The molecule has 0 aliphatic heterocycles. The molecule has 0 bridgehead atoms. The molecule has 1 aliphatic carbocycles. The fourth-order valence-electron chi connectivity index (χ4n) is 4.13. The van der Waals surface area contributed by atoms with E-state index in [0.717, 1.165) is 44.6 Å². The first-order chi connectivity index (χ1) is 17.0. The summed E-state index contributed by atoms with van der Waals surface area (Å²) >= 11 is 7.95. The molecule has 1 fully saturated rings. The van der Waals surface area contributed by atoms with Gasteiger partial charge in [0.15, 0.2) is 0 Å². The Bertz CT molecular complexity index is 1540. The van der Waals surface area contributed by atoms with Crippen LogP contribution in [0.5, 0.6) is 0 Å². The summed E-state index contributed by atoms with van der Waals surface area (Å²) in [5, 5.41) is 11.8. The summed E-state index contributed by atoms with van der Waals surface area (Å²) in [7, 11) is -3.59. The normalized spacial score (nSPS) is 15.3. The summed E-state index contributed by atoms with van der Waals surface area (Å²) in [5.74, 6) is 0.526. The third kappa shape index (κ3) is 5.40. The van der Waals surface area contributed by atoms with Crippen molar-refractivity contribution in [2.24, 2.45) is 5.92 Å². The largest absolute Gasteiger partial charge is 0.386 e. The number of aliphatic hydroxyl groups is 1. The molecule has 1 saturated carbocycles. The average Bonchev–Trinajstić information content (AvgIpc) is 3.51. The van der Waals surface area contributed by atoms with Crippen molar-refractivity contribution < 1.29 is 13.5 Å². The summed E-state index contributed by atoms with van der Waals surface area (Å²) in [6.07, 6.45) is 3.53. The second-order valence-electron chi connectivity index (χ2n) is 9.74. The van der Waals surface area contributed by atoms with Crippen LogP contribution in [0.15, 0.2) is 54.7 Å². The van der Waals surface area contributed by atoms with E-state index >= 15 is 0 Å². The van der Waals surface area contributed by atoms with E-state index in [4.69, 9.17) is 17.3 Å². The van der Waals surface area contributed by atoms with E-state index in [0.29, 0.717) is 10.7 Å². The van der Waals surface area contributed by atoms with Crippen molar-refractivity contribution in [1.82, 2.24) is 14.7 Å². The predicted molar refractivity (Wildman–Crippen MR) is 145 cm³/mol. The average molecular weight is 543 g/mol. The smallest absolute Gasteiger partial charge is 0.212 e. The molecule has 0 amide bonds. The molecule has 1 aliphatic rings. The van der Waals surface area contributed by atoms with Gasteiger partial charge in [-0.25, -0.2) is 18.1 Å². The molecule has 0 radical (unpaired) electrons. The molecule has 5 rings (SSSR count). The van der Waals surface area contributed by atoms with Gasteiger partial charge in [0.2, 0.25) is 10.0 Å². The summed E-state index contributed by atoms with van der Waals surface area (Å²) in [6, 6.07) is 13.9. The standard InChI is InChI=1S/C26H27ClN4O3S2/c1-26(2,32)17-10-11-29-20(13-17)18-5-3-4-16-12-21(35-25(16)18)24(23-19(27)8-9-22(28)30-23)31-36(33,34)14-15-6-7-15/h3-5,8-13,15,24,31-32H,6-7,14H2,1-2H3,(H2,28,30). The van der Waals surface area contributed by atoms with Gasteiger partial charge in [-0.3, -0.25) is 4.98 Å². The van der Waals surface area contributed by atoms with Crippen molar-refractivity contribution >= 4 is 48.9 Å². The second-order valence-corrected chi connectivity index (χ2v) is 13.0. The van der Waals surface area contributed by atoms with E-state index in [2.05, 4.69) is 14.7 Å². The van der Waals surface area contributed by atoms with Crippen molar-refractivity contribution in [2.45, 2.75) is 38.3 Å². The van der Waals surface area contributed by atoms with Gasteiger partial charge < -0.3 is 10.8 Å². The number of nitrogens with one attached hydrogen (secondary N) is 1. The number of nitrogens with zero attached hydrogens (tertiary/aromatic N) is 2. The van der Waals surface area contributed by atoms with Crippen LogP contribution in [0.3, 0.4) is 0 Å². The van der Waals surface area contributed by atoms with Crippen molar-refractivity contribution in [1.29, 1.82) is 0 Å². The minimum Gasteiger partial charge on any atom is -0.386 e. The molecule has 3 aromatic heterocycles. The van der Waals surface area contributed by atoms with Gasteiger partial charge in [-0.05, 0) is 73.9 Å². The number of sulfonamides is 1. The number of nitrogen functional groups attached to an aromatic ring is 1. The minimum atomic E-state index is -3.59. The fourth-order valence-corrected chi connectivity index (χ4v) is 7.31. The first-order valence-corrected chi connectivity index (χ1v) is 14.5. The van der Waals surface area contributed by atoms with Crippen LogP contribution < -0.4 is 10.5 Å². The number of aromatic nitrogens is 2. The fraction of sp³-hybridized carbons (Fsp3) is 0.308. The molecule has 4 aromatic rings. The molecule has 10 heteroatoms. The lowest BCUT2D eigenvalue weighted by atomic mass is 9.97. The molecule has 0 spiro atoms. The molecule has 3 heterocycles. The maximum Gasteiger partial charge on any atom is 0.212 e. The quantitative estimate of drug-likeness (QED) is 0.280. The Balaban J connectivity index is 1.62. The van der Waals surface area contributed by atoms with Crippen molar-refractivity contribution in [3.63, 3.8) is 0 Å². The summed E-state index contributed by atoms with van der Waals surface area (Å²) in [5.41, 5.74) is 7.67. The number of anilines is 1. The number of pyridine rings is 2. The number of hydrogen-bond acceptors (Lipinski definition) is 7. The Kier molecular flexibility index (Phi) is 6.55. The molecule has 1 unspecified atom stereocenters. The summed E-state index contributed by atoms with van der Waals surface area (Å²) in [6.45, 7) is 3.47. The van der Waals surface area contributed by atoms with Crippen LogP contribution in [0.4, 0.5) is 5.82 Å². The summed E-state index contributed by atoms with van der Waals surface area (Å²) in [4.78, 5) is 9.69. The van der Waals surface area contributed by atoms with E-state index < -0.39 is 21.7 Å². The van der Waals surface area contributed by atoms with Crippen LogP contribution in [-0.4, -0.2) is 29.2 Å². The van der Waals surface area contributed by atoms with Crippen molar-refractivity contribution in [2.75, 3.05) is 11.5 Å². The first-order valence-electron chi connectivity index (χ1n) is 11.6. The lowest BCUT2D eigenvalue weighted by Gasteiger charge is -2.19. The van der Waals surface area contributed by atoms with Gasteiger partial charge in [0, 0.05) is 21.3 Å². The number of benzene rings is 1. The van der Waals surface area contributed by atoms with E-state index in [-0.39, 0.29) is 17.5 Å². The Labute approximate surface area is 219 Å². The van der Waals surface area contributed by atoms with Gasteiger partial charge in [0.1, 0.15) is 5.82 Å². The Morgan fingerprint density at radius 2 is 2.00 bits per heavy atom. The molecule has 4 N–H and O–H groups in total. The number of nitrogens with two attached hydrogens (primary N) is 1. The summed E-state index contributed by atoms with van der Waals surface area (Å²) < 4.78 is 29.8. The van der Waals surface area contributed by atoms with E-state index in [9.17, 15) is 13.5 Å². The van der Waals surface area contributed by atoms with E-state index in [1.54, 1.807) is 38.2 Å². The van der Waals surface area contributed by atoms with Gasteiger partial charge in [-0.15, -0.1) is 11.3 Å². The minimum absolute atomic E-state index is 0.0766. The third-order valence-electron chi connectivity index (χ3n) is 6.21. The van der Waals surface area contributed by atoms with Crippen molar-refractivity contribution in [3.05, 3.63) is 75.9 Å². The maximum atomic E-state index is 13.0. The molecule has 188 valence electrons. The molecule has 7 nitrogen and oxygen atoms in total. The number of hydrogen-bond donors (Lipinski definition) is 3. The number of rotatable bonds is 8. The Morgan fingerprint density at radius 3 is 2.72 bits per heavy atom. The van der Waals surface area contributed by atoms with Gasteiger partial charge in [0.25, 0.3) is 0 Å². The Hall–Kier alpha value is -2.56. The van der Waals surface area contributed by atoms with Crippen LogP contribution in [0, 0.1) is 5.92 Å². The van der Waals surface area contributed by atoms with Crippen LogP contribution in [0.2, 0.25) is 5.02 Å². The van der Waals surface area contributed by atoms with Crippen LogP contribution in [0.1, 0.15) is 48.9 Å². The van der Waals surface area contributed by atoms with Crippen molar-refractivity contribution in [3.8, 4) is 11.3 Å². The second kappa shape index (κ2) is 9.39. The van der Waals surface area contributed by atoms with Gasteiger partial charge in [0.05, 0.1) is 33.8 Å². The highest BCUT2D eigenvalue weighted by molar-refractivity contribution is 7.89. The zero-order chi connectivity index (χ0) is 25.7. The predicted octanol–water partition coefficient (Wildman–Crippen LogP) is 5.24. The van der Waals surface area contributed by atoms with Gasteiger partial charge in [-0.2, -0.15) is 0 Å². The highest BCUT2D eigenvalue weighted by Crippen LogP contribution is 2.40. The van der Waals surface area contributed by atoms with Crippen LogP contribution in [0.25, 0.3) is 21.3 Å².